The molecule has 0 spiro atoms. The molecule has 0 aromatic carbocycles. The van der Waals surface area contributed by atoms with E-state index >= 15 is 0 Å². The molecule has 1 atom stereocenters. The molecule has 9 nitrogen and oxygen atoms in total. The average molecular weight is 304 g/mol. The summed E-state index contributed by atoms with van der Waals surface area (Å²) in [5.41, 5.74) is 0. The number of ether oxygens (including phenoxy) is 1. The molecule has 0 saturated heterocycles. The van der Waals surface area contributed by atoms with Gasteiger partial charge in [-0.3, -0.25) is 9.59 Å². The second-order valence-electron chi connectivity index (χ2n) is 4.25. The maximum Gasteiger partial charge on any atom is 0.326 e. The number of nitrogens with one attached hydrogen (secondary N) is 1. The van der Waals surface area contributed by atoms with Gasteiger partial charge < -0.3 is 25.2 Å². The van der Waals surface area contributed by atoms with Gasteiger partial charge in [0.1, 0.15) is 6.04 Å². The van der Waals surface area contributed by atoms with E-state index in [0.717, 1.165) is 4.90 Å². The van der Waals surface area contributed by atoms with Crippen LogP contribution in [0.25, 0.3) is 0 Å². The topological polar surface area (TPSA) is 133 Å². The van der Waals surface area contributed by atoms with Crippen molar-refractivity contribution >= 4 is 23.9 Å². The zero-order chi connectivity index (χ0) is 16.4. The highest BCUT2D eigenvalue weighted by molar-refractivity contribution is 5.83. The summed E-state index contributed by atoms with van der Waals surface area (Å²) in [4.78, 5) is 45.3. The Balaban J connectivity index is 4.30. The summed E-state index contributed by atoms with van der Waals surface area (Å²) in [7, 11) is 1.39. The van der Waals surface area contributed by atoms with E-state index in [9.17, 15) is 19.2 Å². The van der Waals surface area contributed by atoms with E-state index < -0.39 is 30.0 Å². The Hall–Kier alpha value is -2.32. The van der Waals surface area contributed by atoms with Crippen molar-refractivity contribution in [2.24, 2.45) is 0 Å². The van der Waals surface area contributed by atoms with Crippen molar-refractivity contribution in [3.8, 4) is 0 Å². The van der Waals surface area contributed by atoms with Crippen LogP contribution in [0.3, 0.4) is 0 Å². The van der Waals surface area contributed by atoms with Crippen molar-refractivity contribution in [3.05, 3.63) is 0 Å². The molecule has 2 amide bonds. The molecular weight excluding hydrogens is 284 g/mol. The van der Waals surface area contributed by atoms with Crippen LogP contribution in [0.5, 0.6) is 0 Å². The van der Waals surface area contributed by atoms with E-state index in [4.69, 9.17) is 14.9 Å². The van der Waals surface area contributed by atoms with Gasteiger partial charge >= 0.3 is 23.9 Å². The second kappa shape index (κ2) is 9.56. The molecule has 0 unspecified atom stereocenters. The lowest BCUT2D eigenvalue weighted by atomic mass is 10.1. The highest BCUT2D eigenvalue weighted by atomic mass is 16.5. The molecule has 0 fully saturated rings. The first kappa shape index (κ1) is 18.7. The van der Waals surface area contributed by atoms with Gasteiger partial charge in [-0.05, 0) is 13.3 Å². The van der Waals surface area contributed by atoms with Gasteiger partial charge in [0.2, 0.25) is 0 Å². The van der Waals surface area contributed by atoms with Gasteiger partial charge in [0.05, 0.1) is 13.0 Å². The molecule has 0 radical (unpaired) electrons. The van der Waals surface area contributed by atoms with Gasteiger partial charge in [-0.1, -0.05) is 0 Å². The zero-order valence-electron chi connectivity index (χ0n) is 12.0. The molecule has 0 aliphatic carbocycles. The SMILES string of the molecule is CCOC(=O)CCN(C)C(=O)N[C@@H](CCC(=O)O)C(=O)O. The highest BCUT2D eigenvalue weighted by Gasteiger charge is 2.22. The normalized spacial score (nSPS) is 11.3. The first-order valence-corrected chi connectivity index (χ1v) is 6.39. The standard InChI is InChI=1S/C12H20N2O7/c1-3-21-10(17)6-7-14(2)12(20)13-8(11(18)19)4-5-9(15)16/h8H,3-7H2,1-2H3,(H,13,20)(H,15,16)(H,18,19)/t8-/m0/s1. The van der Waals surface area contributed by atoms with Crippen molar-refractivity contribution in [2.75, 3.05) is 20.2 Å². The molecule has 0 aliphatic rings. The molecule has 9 heteroatoms. The summed E-state index contributed by atoms with van der Waals surface area (Å²) in [5, 5.41) is 19.6. The predicted octanol–water partition coefficient (Wildman–Crippen LogP) is -0.101. The molecule has 0 heterocycles. The molecule has 0 aromatic heterocycles. The van der Waals surface area contributed by atoms with E-state index in [1.54, 1.807) is 6.92 Å². The molecule has 0 saturated carbocycles. The number of carbonyl (C=O) groups is 4. The fourth-order valence-corrected chi connectivity index (χ4v) is 1.38. The molecule has 0 rings (SSSR count). The molecule has 0 bridgehead atoms. The van der Waals surface area contributed by atoms with Gasteiger partial charge in [0.25, 0.3) is 0 Å². The van der Waals surface area contributed by atoms with Crippen molar-refractivity contribution < 1.29 is 34.1 Å². The number of carbonyl (C=O) groups excluding carboxylic acids is 2. The van der Waals surface area contributed by atoms with E-state index in [0.29, 0.717) is 0 Å². The predicted molar refractivity (Wildman–Crippen MR) is 70.7 cm³/mol. The minimum Gasteiger partial charge on any atom is -0.481 e. The summed E-state index contributed by atoms with van der Waals surface area (Å²) in [5.74, 6) is -2.92. The minimum atomic E-state index is -1.32. The Morgan fingerprint density at radius 2 is 1.81 bits per heavy atom. The third kappa shape index (κ3) is 8.45. The lowest BCUT2D eigenvalue weighted by molar-refractivity contribution is -0.144. The summed E-state index contributed by atoms with van der Waals surface area (Å²) in [6.07, 6.45) is -0.601. The largest absolute Gasteiger partial charge is 0.481 e. The van der Waals surface area contributed by atoms with Gasteiger partial charge in [-0.15, -0.1) is 0 Å². The quantitative estimate of drug-likeness (QED) is 0.506. The third-order valence-corrected chi connectivity index (χ3v) is 2.55. The first-order chi connectivity index (χ1) is 9.77. The number of carboxylic acids is 2. The lowest BCUT2D eigenvalue weighted by Crippen LogP contribution is -2.47. The number of carboxylic acid groups (broad SMARTS) is 2. The van der Waals surface area contributed by atoms with Crippen LogP contribution in [0.4, 0.5) is 4.79 Å². The fourth-order valence-electron chi connectivity index (χ4n) is 1.38. The van der Waals surface area contributed by atoms with Crippen molar-refractivity contribution in [2.45, 2.75) is 32.2 Å². The number of urea groups is 1. The molecular formula is C12H20N2O7. The molecule has 120 valence electrons. The molecule has 21 heavy (non-hydrogen) atoms. The summed E-state index contributed by atoms with van der Waals surface area (Å²) >= 11 is 0. The van der Waals surface area contributed by atoms with Crippen LogP contribution in [0, 0.1) is 0 Å². The van der Waals surface area contributed by atoms with E-state index in [2.05, 4.69) is 5.32 Å². The van der Waals surface area contributed by atoms with Gasteiger partial charge in [-0.25, -0.2) is 9.59 Å². The summed E-state index contributed by atoms with van der Waals surface area (Å²) in [6, 6.07) is -1.99. The van der Waals surface area contributed by atoms with E-state index in [1.165, 1.54) is 7.05 Å². The van der Waals surface area contributed by atoms with Crippen LogP contribution in [-0.2, 0) is 19.1 Å². The van der Waals surface area contributed by atoms with Crippen LogP contribution >= 0.6 is 0 Å². The van der Waals surface area contributed by atoms with Gasteiger partial charge in [0, 0.05) is 20.0 Å². The Morgan fingerprint density at radius 1 is 1.19 bits per heavy atom. The Kier molecular flexibility index (Phi) is 8.51. The van der Waals surface area contributed by atoms with Crippen LogP contribution in [-0.4, -0.2) is 65.3 Å². The fraction of sp³-hybridized carbons (Fsp3) is 0.667. The highest BCUT2D eigenvalue weighted by Crippen LogP contribution is 2.00. The third-order valence-electron chi connectivity index (χ3n) is 2.55. The van der Waals surface area contributed by atoms with E-state index in [1.807, 2.05) is 0 Å². The van der Waals surface area contributed by atoms with Crippen molar-refractivity contribution in [1.82, 2.24) is 10.2 Å². The Morgan fingerprint density at radius 3 is 2.29 bits per heavy atom. The zero-order valence-corrected chi connectivity index (χ0v) is 12.0. The second-order valence-corrected chi connectivity index (χ2v) is 4.25. The maximum atomic E-state index is 11.7. The van der Waals surface area contributed by atoms with E-state index in [-0.39, 0.29) is 32.4 Å². The number of amides is 2. The van der Waals surface area contributed by atoms with Crippen LogP contribution in [0.15, 0.2) is 0 Å². The molecule has 0 aromatic rings. The van der Waals surface area contributed by atoms with Crippen molar-refractivity contribution in [1.29, 1.82) is 0 Å². The van der Waals surface area contributed by atoms with Crippen LogP contribution in [0.1, 0.15) is 26.2 Å². The number of aliphatic carboxylic acids is 2. The lowest BCUT2D eigenvalue weighted by Gasteiger charge is -2.20. The van der Waals surface area contributed by atoms with Crippen LogP contribution in [0.2, 0.25) is 0 Å². The monoisotopic (exact) mass is 304 g/mol. The molecule has 0 aliphatic heterocycles. The molecule has 3 N–H and O–H groups in total. The maximum absolute atomic E-state index is 11.7. The Bertz CT molecular complexity index is 397. The number of esters is 1. The van der Waals surface area contributed by atoms with Crippen LogP contribution < -0.4 is 5.32 Å². The summed E-state index contributed by atoms with van der Waals surface area (Å²) in [6.45, 7) is 1.97. The van der Waals surface area contributed by atoms with Gasteiger partial charge in [0.15, 0.2) is 0 Å². The number of rotatable bonds is 9. The van der Waals surface area contributed by atoms with Crippen molar-refractivity contribution in [3.63, 3.8) is 0 Å². The first-order valence-electron chi connectivity index (χ1n) is 6.39. The smallest absolute Gasteiger partial charge is 0.326 e. The number of nitrogens with zero attached hydrogens (tertiary/aromatic N) is 1. The average Bonchev–Trinajstić information content (AvgIpc) is 2.40. The summed E-state index contributed by atoms with van der Waals surface area (Å²) < 4.78 is 4.70. The number of hydrogen-bond donors (Lipinski definition) is 3. The Labute approximate surface area is 121 Å². The minimum absolute atomic E-state index is 0.00930. The van der Waals surface area contributed by atoms with Gasteiger partial charge in [-0.2, -0.15) is 0 Å². The number of hydrogen-bond acceptors (Lipinski definition) is 5.